The molecule has 0 unspecified atom stereocenters. The Morgan fingerprint density at radius 3 is 2.61 bits per heavy atom. The van der Waals surface area contributed by atoms with Crippen molar-refractivity contribution in [2.75, 3.05) is 25.1 Å². The van der Waals surface area contributed by atoms with Crippen LogP contribution < -0.4 is 14.8 Å². The fourth-order valence-corrected chi connectivity index (χ4v) is 4.25. The molecule has 0 bridgehead atoms. The van der Waals surface area contributed by atoms with Crippen LogP contribution in [0, 0.1) is 11.6 Å². The van der Waals surface area contributed by atoms with E-state index in [4.69, 9.17) is 30.5 Å². The van der Waals surface area contributed by atoms with E-state index in [1.165, 1.54) is 13.8 Å². The van der Waals surface area contributed by atoms with E-state index >= 15 is 0 Å². The lowest BCUT2D eigenvalue weighted by Gasteiger charge is -2.18. The van der Waals surface area contributed by atoms with Crippen LogP contribution >= 0.6 is 11.6 Å². The highest BCUT2D eigenvalue weighted by Gasteiger charge is 2.48. The highest BCUT2D eigenvalue weighted by molar-refractivity contribution is 6.33. The van der Waals surface area contributed by atoms with Gasteiger partial charge in [-0.1, -0.05) is 11.6 Å². The summed E-state index contributed by atoms with van der Waals surface area (Å²) in [5, 5.41) is 22.6. The minimum atomic E-state index is -1.15. The molecule has 0 saturated carbocycles. The SMILES string of the molecule is CC(C)(O)COc1cc(F)c(CNc2nc3nc(O[C@@H]4CO[C@H]5[C@@H]4OC[C@H]5O)[nH]c3cc2Cl)c(F)c1. The third-order valence-electron chi connectivity index (χ3n) is 5.79. The van der Waals surface area contributed by atoms with Crippen molar-refractivity contribution in [3.8, 4) is 11.8 Å². The quantitative estimate of drug-likeness (QED) is 0.350. The van der Waals surface area contributed by atoms with Gasteiger partial charge in [-0.05, 0) is 19.9 Å². The molecule has 2 aliphatic heterocycles. The van der Waals surface area contributed by atoms with Crippen molar-refractivity contribution in [3.05, 3.63) is 40.4 Å². The number of halogens is 3. The Balaban J connectivity index is 1.27. The average Bonchev–Trinajstić information content (AvgIpc) is 3.48. The second-order valence-electron chi connectivity index (χ2n) is 9.37. The number of imidazole rings is 1. The molecule has 13 heteroatoms. The van der Waals surface area contributed by atoms with E-state index in [9.17, 15) is 19.0 Å². The summed E-state index contributed by atoms with van der Waals surface area (Å²) in [6.45, 7) is 3.10. The first-order valence-corrected chi connectivity index (χ1v) is 11.7. The molecule has 2 aromatic heterocycles. The standard InChI is InChI=1S/C23H25ClF2N4O6/c1-23(2,32)9-35-10-3-13(25)11(14(26)4-10)6-27-20-12(24)5-15-21(29-20)30-22(28-15)36-17-8-34-18-16(31)7-33-19(17)18/h3-5,16-19,31-32H,6-9H2,1-2H3,(H2,27,28,29,30)/t16-,17-,18-,19-/m1/s1. The summed E-state index contributed by atoms with van der Waals surface area (Å²) in [7, 11) is 0. The summed E-state index contributed by atoms with van der Waals surface area (Å²) in [5.41, 5.74) is -0.611. The van der Waals surface area contributed by atoms with E-state index in [1.807, 2.05) is 0 Å². The van der Waals surface area contributed by atoms with Crippen LogP contribution in [-0.2, 0) is 16.0 Å². The van der Waals surface area contributed by atoms with Gasteiger partial charge in [0.2, 0.25) is 0 Å². The van der Waals surface area contributed by atoms with Gasteiger partial charge in [-0.25, -0.2) is 13.8 Å². The van der Waals surface area contributed by atoms with Crippen LogP contribution in [-0.4, -0.2) is 75.0 Å². The first kappa shape index (κ1) is 24.9. The predicted molar refractivity (Wildman–Crippen MR) is 124 cm³/mol. The monoisotopic (exact) mass is 526 g/mol. The minimum Gasteiger partial charge on any atom is -0.490 e. The van der Waals surface area contributed by atoms with Crippen molar-refractivity contribution in [1.82, 2.24) is 15.0 Å². The Bertz CT molecular complexity index is 1250. The summed E-state index contributed by atoms with van der Waals surface area (Å²) < 4.78 is 51.3. The topological polar surface area (TPSA) is 131 Å². The largest absolute Gasteiger partial charge is 0.490 e. The number of nitrogens with one attached hydrogen (secondary N) is 2. The van der Waals surface area contributed by atoms with Crippen molar-refractivity contribution in [1.29, 1.82) is 0 Å². The van der Waals surface area contributed by atoms with Crippen molar-refractivity contribution in [2.45, 2.75) is 50.4 Å². The van der Waals surface area contributed by atoms with Gasteiger partial charge in [0.25, 0.3) is 6.01 Å². The van der Waals surface area contributed by atoms with Gasteiger partial charge in [0.1, 0.15) is 48.1 Å². The molecule has 4 N–H and O–H groups in total. The molecule has 2 fully saturated rings. The second-order valence-corrected chi connectivity index (χ2v) is 9.78. The number of aliphatic hydroxyl groups excluding tert-OH is 1. The number of rotatable bonds is 8. The summed E-state index contributed by atoms with van der Waals surface area (Å²) in [5.74, 6) is -1.50. The zero-order valence-electron chi connectivity index (χ0n) is 19.4. The average molecular weight is 527 g/mol. The number of aliphatic hydroxyl groups is 2. The van der Waals surface area contributed by atoms with E-state index in [-0.39, 0.29) is 60.2 Å². The molecule has 3 aromatic rings. The van der Waals surface area contributed by atoms with Crippen molar-refractivity contribution in [3.63, 3.8) is 0 Å². The summed E-state index contributed by atoms with van der Waals surface area (Å²) in [6, 6.07) is 3.83. The number of anilines is 1. The fourth-order valence-electron chi connectivity index (χ4n) is 4.03. The van der Waals surface area contributed by atoms with E-state index < -0.39 is 41.7 Å². The van der Waals surface area contributed by atoms with E-state index in [2.05, 4.69) is 20.3 Å². The second kappa shape index (κ2) is 9.60. The number of hydrogen-bond acceptors (Lipinski definition) is 9. The summed E-state index contributed by atoms with van der Waals surface area (Å²) >= 11 is 6.31. The number of pyridine rings is 1. The van der Waals surface area contributed by atoms with Crippen LogP contribution in [0.2, 0.25) is 5.02 Å². The fraction of sp³-hybridized carbons (Fsp3) is 0.478. The lowest BCUT2D eigenvalue weighted by Crippen LogP contribution is -2.34. The molecule has 2 aliphatic rings. The van der Waals surface area contributed by atoms with Crippen LogP contribution in [0.15, 0.2) is 18.2 Å². The maximum Gasteiger partial charge on any atom is 0.296 e. The number of benzene rings is 1. The Labute approximate surface area is 209 Å². The van der Waals surface area contributed by atoms with Crippen LogP contribution in [0.3, 0.4) is 0 Å². The smallest absolute Gasteiger partial charge is 0.296 e. The van der Waals surface area contributed by atoms with Gasteiger partial charge in [0.05, 0.1) is 29.4 Å². The number of nitrogens with zero attached hydrogens (tertiary/aromatic N) is 2. The van der Waals surface area contributed by atoms with E-state index in [0.29, 0.717) is 5.52 Å². The molecule has 5 rings (SSSR count). The molecular weight excluding hydrogens is 502 g/mol. The predicted octanol–water partition coefficient (Wildman–Crippen LogP) is 2.56. The lowest BCUT2D eigenvalue weighted by molar-refractivity contribution is 0.00706. The maximum atomic E-state index is 14.6. The third-order valence-corrected chi connectivity index (χ3v) is 6.08. The van der Waals surface area contributed by atoms with Crippen LogP contribution in [0.4, 0.5) is 14.6 Å². The Hall–Kier alpha value is -2.77. The van der Waals surface area contributed by atoms with Gasteiger partial charge in [0.15, 0.2) is 11.8 Å². The first-order valence-electron chi connectivity index (χ1n) is 11.3. The highest BCUT2D eigenvalue weighted by Crippen LogP contribution is 2.31. The van der Waals surface area contributed by atoms with Gasteiger partial charge in [-0.3, -0.25) is 0 Å². The van der Waals surface area contributed by atoms with Gasteiger partial charge in [-0.2, -0.15) is 4.98 Å². The summed E-state index contributed by atoms with van der Waals surface area (Å²) in [6.07, 6.45) is -1.99. The Kier molecular flexibility index (Phi) is 6.64. The molecule has 0 aliphatic carbocycles. The first-order chi connectivity index (χ1) is 17.1. The number of ether oxygens (including phenoxy) is 4. The van der Waals surface area contributed by atoms with Crippen molar-refractivity contribution in [2.24, 2.45) is 0 Å². The molecule has 1 aromatic carbocycles. The molecule has 10 nitrogen and oxygen atoms in total. The lowest BCUT2D eigenvalue weighted by atomic mass is 10.1. The molecule has 0 amide bonds. The molecule has 194 valence electrons. The van der Waals surface area contributed by atoms with Crippen LogP contribution in [0.1, 0.15) is 19.4 Å². The molecule has 4 atom stereocenters. The number of H-pyrrole nitrogens is 1. The number of fused-ring (bicyclic) bond motifs is 2. The van der Waals surface area contributed by atoms with Crippen LogP contribution in [0.25, 0.3) is 11.2 Å². The van der Waals surface area contributed by atoms with Gasteiger partial charge in [0, 0.05) is 24.2 Å². The van der Waals surface area contributed by atoms with Crippen LogP contribution in [0.5, 0.6) is 11.8 Å². The van der Waals surface area contributed by atoms with Gasteiger partial charge >= 0.3 is 0 Å². The highest BCUT2D eigenvalue weighted by atomic mass is 35.5. The number of aromatic amines is 1. The van der Waals surface area contributed by atoms with E-state index in [1.54, 1.807) is 6.07 Å². The molecular formula is C23H25ClF2N4O6. The summed E-state index contributed by atoms with van der Waals surface area (Å²) in [4.78, 5) is 11.6. The van der Waals surface area contributed by atoms with E-state index in [0.717, 1.165) is 12.1 Å². The normalized spacial score (nSPS) is 23.8. The molecule has 0 spiro atoms. The number of aromatic nitrogens is 3. The zero-order chi connectivity index (χ0) is 25.6. The number of hydrogen-bond donors (Lipinski definition) is 4. The zero-order valence-corrected chi connectivity index (χ0v) is 20.2. The van der Waals surface area contributed by atoms with Crippen molar-refractivity contribution >= 4 is 28.6 Å². The third kappa shape index (κ3) is 5.18. The molecule has 0 radical (unpaired) electrons. The van der Waals surface area contributed by atoms with Gasteiger partial charge < -0.3 is 39.5 Å². The van der Waals surface area contributed by atoms with Crippen molar-refractivity contribution < 1.29 is 37.9 Å². The minimum absolute atomic E-state index is 0.0333. The molecule has 36 heavy (non-hydrogen) atoms. The Morgan fingerprint density at radius 1 is 1.17 bits per heavy atom. The molecule has 2 saturated heterocycles. The Morgan fingerprint density at radius 2 is 1.89 bits per heavy atom. The van der Waals surface area contributed by atoms with Gasteiger partial charge in [-0.15, -0.1) is 0 Å². The maximum absolute atomic E-state index is 14.6. The molecule has 4 heterocycles.